The van der Waals surface area contributed by atoms with Gasteiger partial charge < -0.3 is 4.57 Å². The van der Waals surface area contributed by atoms with Gasteiger partial charge in [-0.2, -0.15) is 0 Å². The monoisotopic (exact) mass is 349 g/mol. The SMILES string of the molecule is CCn1cnc(S(=O)(=O)NC2(CBr)CCCCC2)c1. The number of nitrogens with one attached hydrogen (secondary N) is 1. The fourth-order valence-corrected chi connectivity index (χ4v) is 4.78. The van der Waals surface area contributed by atoms with Crippen LogP contribution < -0.4 is 4.72 Å². The molecule has 0 aliphatic heterocycles. The quantitative estimate of drug-likeness (QED) is 0.829. The smallest absolute Gasteiger partial charge is 0.260 e. The van der Waals surface area contributed by atoms with E-state index in [1.807, 2.05) is 6.92 Å². The summed E-state index contributed by atoms with van der Waals surface area (Å²) in [5.41, 5.74) is -0.354. The molecule has 19 heavy (non-hydrogen) atoms. The zero-order valence-corrected chi connectivity index (χ0v) is 13.5. The summed E-state index contributed by atoms with van der Waals surface area (Å²) in [6.07, 6.45) is 8.21. The van der Waals surface area contributed by atoms with Crippen molar-refractivity contribution in [3.63, 3.8) is 0 Å². The van der Waals surface area contributed by atoms with Gasteiger partial charge in [0.2, 0.25) is 0 Å². The van der Waals surface area contributed by atoms with Crippen LogP contribution in [0, 0.1) is 0 Å². The molecule has 1 aliphatic carbocycles. The van der Waals surface area contributed by atoms with Crippen LogP contribution in [0.5, 0.6) is 0 Å². The lowest BCUT2D eigenvalue weighted by Gasteiger charge is -2.35. The maximum atomic E-state index is 12.4. The molecule has 0 atom stereocenters. The average Bonchev–Trinajstić information content (AvgIpc) is 2.89. The van der Waals surface area contributed by atoms with E-state index in [-0.39, 0.29) is 10.6 Å². The van der Waals surface area contributed by atoms with E-state index in [9.17, 15) is 8.42 Å². The first-order valence-electron chi connectivity index (χ1n) is 6.63. The molecule has 1 aliphatic rings. The molecule has 1 heterocycles. The van der Waals surface area contributed by atoms with Crippen molar-refractivity contribution in [2.45, 2.75) is 56.1 Å². The second-order valence-corrected chi connectivity index (χ2v) is 7.31. The Morgan fingerprint density at radius 3 is 2.63 bits per heavy atom. The minimum atomic E-state index is -3.53. The van der Waals surface area contributed by atoms with Gasteiger partial charge in [-0.15, -0.1) is 0 Å². The molecule has 0 unspecified atom stereocenters. The van der Waals surface area contributed by atoms with Gasteiger partial charge >= 0.3 is 0 Å². The molecule has 7 heteroatoms. The van der Waals surface area contributed by atoms with Crippen molar-refractivity contribution in [2.75, 3.05) is 5.33 Å². The molecule has 1 aromatic heterocycles. The molecule has 0 spiro atoms. The van der Waals surface area contributed by atoms with Gasteiger partial charge in [-0.05, 0) is 19.8 Å². The second-order valence-electron chi connectivity index (χ2n) is 5.12. The van der Waals surface area contributed by atoms with Gasteiger partial charge in [0.15, 0.2) is 5.03 Å². The summed E-state index contributed by atoms with van der Waals surface area (Å²) in [5.74, 6) is 0. The lowest BCUT2D eigenvalue weighted by atomic mass is 9.84. The minimum Gasteiger partial charge on any atom is -0.336 e. The summed E-state index contributed by atoms with van der Waals surface area (Å²) in [7, 11) is -3.53. The van der Waals surface area contributed by atoms with Crippen LogP contribution in [-0.4, -0.2) is 28.8 Å². The van der Waals surface area contributed by atoms with Gasteiger partial charge in [0.05, 0.1) is 6.33 Å². The second kappa shape index (κ2) is 5.93. The van der Waals surface area contributed by atoms with Crippen molar-refractivity contribution in [3.8, 4) is 0 Å². The molecule has 2 rings (SSSR count). The zero-order chi connectivity index (χ0) is 13.9. The molecule has 0 saturated heterocycles. The van der Waals surface area contributed by atoms with Crippen molar-refractivity contribution in [1.29, 1.82) is 0 Å². The predicted molar refractivity (Wildman–Crippen MR) is 77.8 cm³/mol. The Morgan fingerprint density at radius 1 is 1.42 bits per heavy atom. The Kier molecular flexibility index (Phi) is 4.68. The van der Waals surface area contributed by atoms with Crippen LogP contribution in [0.1, 0.15) is 39.0 Å². The molecule has 0 bridgehead atoms. The normalized spacial score (nSPS) is 19.5. The van der Waals surface area contributed by atoms with E-state index in [0.717, 1.165) is 25.7 Å². The molecule has 108 valence electrons. The Labute approximate surface area is 123 Å². The molecule has 5 nitrogen and oxygen atoms in total. The molecule has 1 saturated carbocycles. The van der Waals surface area contributed by atoms with Crippen LogP contribution in [0.4, 0.5) is 0 Å². The lowest BCUT2D eigenvalue weighted by Crippen LogP contribution is -2.51. The molecular formula is C12H20BrN3O2S. The van der Waals surface area contributed by atoms with Crippen molar-refractivity contribution in [3.05, 3.63) is 12.5 Å². The third-order valence-electron chi connectivity index (χ3n) is 3.67. The summed E-state index contributed by atoms with van der Waals surface area (Å²) in [6.45, 7) is 2.67. The highest BCUT2D eigenvalue weighted by molar-refractivity contribution is 9.09. The van der Waals surface area contributed by atoms with Crippen LogP contribution in [-0.2, 0) is 16.6 Å². The Morgan fingerprint density at radius 2 is 2.11 bits per heavy atom. The number of alkyl halides is 1. The summed E-state index contributed by atoms with van der Waals surface area (Å²) >= 11 is 3.46. The Balaban J connectivity index is 2.19. The number of imidazole rings is 1. The van der Waals surface area contributed by atoms with Crippen LogP contribution in [0.25, 0.3) is 0 Å². The van der Waals surface area contributed by atoms with Gasteiger partial charge in [-0.3, -0.25) is 0 Å². The fourth-order valence-electron chi connectivity index (χ4n) is 2.48. The number of nitrogens with zero attached hydrogens (tertiary/aromatic N) is 2. The predicted octanol–water partition coefficient (Wildman–Crippen LogP) is 2.28. The summed E-state index contributed by atoms with van der Waals surface area (Å²) in [5, 5.41) is 0.758. The number of aryl methyl sites for hydroxylation is 1. The third-order valence-corrected chi connectivity index (χ3v) is 6.20. The topological polar surface area (TPSA) is 64.0 Å². The number of hydrogen-bond acceptors (Lipinski definition) is 3. The van der Waals surface area contributed by atoms with Gasteiger partial charge in [0, 0.05) is 23.6 Å². The van der Waals surface area contributed by atoms with Gasteiger partial charge in [-0.25, -0.2) is 18.1 Å². The van der Waals surface area contributed by atoms with E-state index < -0.39 is 10.0 Å². The number of sulfonamides is 1. The maximum absolute atomic E-state index is 12.4. The van der Waals surface area contributed by atoms with Crippen molar-refractivity contribution in [1.82, 2.24) is 14.3 Å². The maximum Gasteiger partial charge on any atom is 0.260 e. The molecule has 1 aromatic rings. The van der Waals surface area contributed by atoms with Gasteiger partial charge in [0.1, 0.15) is 0 Å². The van der Waals surface area contributed by atoms with Crippen molar-refractivity contribution < 1.29 is 8.42 Å². The molecule has 0 radical (unpaired) electrons. The van der Waals surface area contributed by atoms with Gasteiger partial charge in [0.25, 0.3) is 10.0 Å². The molecule has 1 N–H and O–H groups in total. The first-order chi connectivity index (χ1) is 9.01. The Hall–Kier alpha value is -0.400. The standard InChI is InChI=1S/C12H20BrN3O2S/c1-2-16-8-11(14-10-16)19(17,18)15-12(9-13)6-4-3-5-7-12/h8,10,15H,2-7,9H2,1H3. The summed E-state index contributed by atoms with van der Waals surface area (Å²) in [4.78, 5) is 3.99. The van der Waals surface area contributed by atoms with E-state index in [1.165, 1.54) is 6.42 Å². The fraction of sp³-hybridized carbons (Fsp3) is 0.750. The number of rotatable bonds is 5. The van der Waals surface area contributed by atoms with Gasteiger partial charge in [-0.1, -0.05) is 35.2 Å². The summed E-state index contributed by atoms with van der Waals surface area (Å²) < 4.78 is 29.4. The molecule has 0 aromatic carbocycles. The Bertz CT molecular complexity index is 521. The highest BCUT2D eigenvalue weighted by Gasteiger charge is 2.36. The molecule has 1 fully saturated rings. The van der Waals surface area contributed by atoms with Crippen LogP contribution in [0.2, 0.25) is 0 Å². The largest absolute Gasteiger partial charge is 0.336 e. The van der Waals surface area contributed by atoms with E-state index in [0.29, 0.717) is 11.9 Å². The van der Waals surface area contributed by atoms with E-state index in [4.69, 9.17) is 0 Å². The van der Waals surface area contributed by atoms with E-state index in [2.05, 4.69) is 25.6 Å². The highest BCUT2D eigenvalue weighted by Crippen LogP contribution is 2.31. The number of halogens is 1. The summed E-state index contributed by atoms with van der Waals surface area (Å²) in [6, 6.07) is 0. The number of hydrogen-bond donors (Lipinski definition) is 1. The van der Waals surface area contributed by atoms with Crippen molar-refractivity contribution in [2.24, 2.45) is 0 Å². The zero-order valence-electron chi connectivity index (χ0n) is 11.1. The molecular weight excluding hydrogens is 330 g/mol. The van der Waals surface area contributed by atoms with E-state index >= 15 is 0 Å². The van der Waals surface area contributed by atoms with Crippen molar-refractivity contribution >= 4 is 26.0 Å². The molecule has 0 amide bonds. The lowest BCUT2D eigenvalue weighted by molar-refractivity contribution is 0.301. The first kappa shape index (κ1) is 15.0. The average molecular weight is 350 g/mol. The minimum absolute atomic E-state index is 0.111. The van der Waals surface area contributed by atoms with E-state index in [1.54, 1.807) is 17.1 Å². The number of aromatic nitrogens is 2. The highest BCUT2D eigenvalue weighted by atomic mass is 79.9. The van der Waals surface area contributed by atoms with Crippen LogP contribution >= 0.6 is 15.9 Å². The third kappa shape index (κ3) is 3.38. The first-order valence-corrected chi connectivity index (χ1v) is 9.23. The van der Waals surface area contributed by atoms with Crippen LogP contribution in [0.3, 0.4) is 0 Å². The van der Waals surface area contributed by atoms with Crippen LogP contribution in [0.15, 0.2) is 17.6 Å².